The number of halogens is 1. The fourth-order valence-electron chi connectivity index (χ4n) is 2.81. The monoisotopic (exact) mass is 289 g/mol. The zero-order valence-electron chi connectivity index (χ0n) is 11.8. The first-order valence-electron chi connectivity index (χ1n) is 7.18. The number of aromatic nitrogens is 1. The minimum absolute atomic E-state index is 0.834. The van der Waals surface area contributed by atoms with Gasteiger partial charge in [0.1, 0.15) is 0 Å². The van der Waals surface area contributed by atoms with Crippen molar-refractivity contribution in [3.63, 3.8) is 0 Å². The predicted octanol–water partition coefficient (Wildman–Crippen LogP) is 3.27. The second-order valence-electron chi connectivity index (χ2n) is 5.12. The van der Waals surface area contributed by atoms with Crippen LogP contribution in [0.4, 0.5) is 5.69 Å². The van der Waals surface area contributed by atoms with E-state index in [9.17, 15) is 0 Å². The SMILES string of the molecule is CCN1CCN(c2c(Cl)cccc2-n2cccc2)CC1. The minimum Gasteiger partial charge on any atom is -0.366 e. The molecule has 2 aromatic rings. The molecule has 1 aromatic carbocycles. The van der Waals surface area contributed by atoms with Gasteiger partial charge >= 0.3 is 0 Å². The summed E-state index contributed by atoms with van der Waals surface area (Å²) in [7, 11) is 0. The molecule has 0 aliphatic carbocycles. The van der Waals surface area contributed by atoms with E-state index in [-0.39, 0.29) is 0 Å². The highest BCUT2D eigenvalue weighted by atomic mass is 35.5. The zero-order chi connectivity index (χ0) is 13.9. The molecule has 2 heterocycles. The Labute approximate surface area is 125 Å². The molecule has 1 fully saturated rings. The Balaban J connectivity index is 1.93. The van der Waals surface area contributed by atoms with Gasteiger partial charge in [-0.05, 0) is 30.8 Å². The predicted molar refractivity (Wildman–Crippen MR) is 85.1 cm³/mol. The first kappa shape index (κ1) is 13.5. The van der Waals surface area contributed by atoms with E-state index in [1.54, 1.807) is 0 Å². The molecule has 106 valence electrons. The Bertz CT molecular complexity index is 557. The van der Waals surface area contributed by atoms with Crippen LogP contribution in [0.25, 0.3) is 5.69 Å². The molecule has 0 unspecified atom stereocenters. The lowest BCUT2D eigenvalue weighted by Crippen LogP contribution is -2.46. The second kappa shape index (κ2) is 5.90. The summed E-state index contributed by atoms with van der Waals surface area (Å²) in [6, 6.07) is 10.2. The number of piperazine rings is 1. The Morgan fingerprint density at radius 2 is 1.70 bits per heavy atom. The van der Waals surface area contributed by atoms with Gasteiger partial charge in [-0.15, -0.1) is 0 Å². The van der Waals surface area contributed by atoms with Crippen LogP contribution in [0.1, 0.15) is 6.92 Å². The minimum atomic E-state index is 0.834. The molecule has 1 saturated heterocycles. The van der Waals surface area contributed by atoms with Gasteiger partial charge < -0.3 is 14.4 Å². The average molecular weight is 290 g/mol. The van der Waals surface area contributed by atoms with E-state index in [0.717, 1.165) is 49.1 Å². The molecule has 0 amide bonds. The van der Waals surface area contributed by atoms with Crippen molar-refractivity contribution in [3.05, 3.63) is 47.7 Å². The topological polar surface area (TPSA) is 11.4 Å². The largest absolute Gasteiger partial charge is 0.366 e. The van der Waals surface area contributed by atoms with Crippen LogP contribution >= 0.6 is 11.6 Å². The zero-order valence-corrected chi connectivity index (χ0v) is 12.6. The van der Waals surface area contributed by atoms with Crippen LogP contribution in [0.15, 0.2) is 42.7 Å². The molecule has 3 rings (SSSR count). The van der Waals surface area contributed by atoms with Gasteiger partial charge in [0, 0.05) is 38.6 Å². The lowest BCUT2D eigenvalue weighted by molar-refractivity contribution is 0.271. The Hall–Kier alpha value is -1.45. The summed E-state index contributed by atoms with van der Waals surface area (Å²) < 4.78 is 2.13. The summed E-state index contributed by atoms with van der Waals surface area (Å²) in [4.78, 5) is 4.88. The highest BCUT2D eigenvalue weighted by Gasteiger charge is 2.20. The van der Waals surface area contributed by atoms with Gasteiger partial charge in [0.15, 0.2) is 0 Å². The molecule has 0 saturated carbocycles. The number of likely N-dealkylation sites (N-methyl/N-ethyl adjacent to an activating group) is 1. The number of nitrogens with zero attached hydrogens (tertiary/aromatic N) is 3. The van der Waals surface area contributed by atoms with Crippen molar-refractivity contribution in [2.45, 2.75) is 6.92 Å². The molecular formula is C16H20ClN3. The van der Waals surface area contributed by atoms with Crippen molar-refractivity contribution in [1.29, 1.82) is 0 Å². The molecule has 3 nitrogen and oxygen atoms in total. The molecule has 0 bridgehead atoms. The summed E-state index contributed by atoms with van der Waals surface area (Å²) in [6.45, 7) is 7.62. The van der Waals surface area contributed by atoms with Crippen molar-refractivity contribution in [1.82, 2.24) is 9.47 Å². The van der Waals surface area contributed by atoms with Crippen LogP contribution in [0.5, 0.6) is 0 Å². The number of anilines is 1. The first-order chi connectivity index (χ1) is 9.79. The Kier molecular flexibility index (Phi) is 3.99. The fourth-order valence-corrected chi connectivity index (χ4v) is 3.10. The quantitative estimate of drug-likeness (QED) is 0.859. The average Bonchev–Trinajstić information content (AvgIpc) is 3.01. The van der Waals surface area contributed by atoms with Crippen LogP contribution in [0.2, 0.25) is 5.02 Å². The molecule has 20 heavy (non-hydrogen) atoms. The van der Waals surface area contributed by atoms with Crippen molar-refractivity contribution in [2.24, 2.45) is 0 Å². The summed E-state index contributed by atoms with van der Waals surface area (Å²) >= 11 is 6.48. The standard InChI is InChI=1S/C16H20ClN3/c1-2-18-10-12-20(13-11-18)16-14(17)6-5-7-15(16)19-8-3-4-9-19/h3-9H,2,10-13H2,1H3. The molecule has 0 radical (unpaired) electrons. The van der Waals surface area contributed by atoms with Crippen molar-refractivity contribution in [2.75, 3.05) is 37.6 Å². The van der Waals surface area contributed by atoms with E-state index >= 15 is 0 Å². The number of hydrogen-bond acceptors (Lipinski definition) is 2. The van der Waals surface area contributed by atoms with Gasteiger partial charge in [0.2, 0.25) is 0 Å². The molecule has 1 aliphatic heterocycles. The smallest absolute Gasteiger partial charge is 0.0801 e. The number of hydrogen-bond donors (Lipinski definition) is 0. The maximum absolute atomic E-state index is 6.48. The lowest BCUT2D eigenvalue weighted by Gasteiger charge is -2.37. The second-order valence-corrected chi connectivity index (χ2v) is 5.53. The summed E-state index contributed by atoms with van der Waals surface area (Å²) in [5, 5.41) is 0.834. The van der Waals surface area contributed by atoms with E-state index < -0.39 is 0 Å². The number of benzene rings is 1. The third-order valence-corrected chi connectivity index (χ3v) is 4.29. The molecule has 0 spiro atoms. The fraction of sp³-hybridized carbons (Fsp3) is 0.375. The van der Waals surface area contributed by atoms with Gasteiger partial charge in [-0.25, -0.2) is 0 Å². The molecule has 0 atom stereocenters. The van der Waals surface area contributed by atoms with Gasteiger partial charge in [-0.2, -0.15) is 0 Å². The van der Waals surface area contributed by atoms with Crippen LogP contribution in [-0.4, -0.2) is 42.2 Å². The van der Waals surface area contributed by atoms with Crippen molar-refractivity contribution < 1.29 is 0 Å². The maximum atomic E-state index is 6.48. The van der Waals surface area contributed by atoms with E-state index in [1.165, 1.54) is 0 Å². The van der Waals surface area contributed by atoms with E-state index in [4.69, 9.17) is 11.6 Å². The van der Waals surface area contributed by atoms with Crippen LogP contribution in [0, 0.1) is 0 Å². The van der Waals surface area contributed by atoms with Crippen molar-refractivity contribution >= 4 is 17.3 Å². The van der Waals surface area contributed by atoms with Crippen LogP contribution < -0.4 is 4.90 Å². The van der Waals surface area contributed by atoms with Crippen molar-refractivity contribution in [3.8, 4) is 5.69 Å². The maximum Gasteiger partial charge on any atom is 0.0801 e. The molecule has 1 aromatic heterocycles. The Morgan fingerprint density at radius 3 is 2.35 bits per heavy atom. The van der Waals surface area contributed by atoms with Crippen LogP contribution in [0.3, 0.4) is 0 Å². The highest BCUT2D eigenvalue weighted by Crippen LogP contribution is 2.33. The third-order valence-electron chi connectivity index (χ3n) is 3.98. The molecular weight excluding hydrogens is 270 g/mol. The van der Waals surface area contributed by atoms with Gasteiger partial charge in [0.05, 0.1) is 16.4 Å². The summed E-state index contributed by atoms with van der Waals surface area (Å²) in [6.07, 6.45) is 4.13. The third kappa shape index (κ3) is 2.56. The van der Waals surface area contributed by atoms with Crippen LogP contribution in [-0.2, 0) is 0 Å². The highest BCUT2D eigenvalue weighted by molar-refractivity contribution is 6.33. The lowest BCUT2D eigenvalue weighted by atomic mass is 10.2. The number of para-hydroxylation sites is 1. The molecule has 1 aliphatic rings. The van der Waals surface area contributed by atoms with Gasteiger partial charge in [0.25, 0.3) is 0 Å². The first-order valence-corrected chi connectivity index (χ1v) is 7.56. The summed E-state index contributed by atoms with van der Waals surface area (Å²) in [5.41, 5.74) is 2.31. The van der Waals surface area contributed by atoms with E-state index in [2.05, 4.69) is 39.8 Å². The van der Waals surface area contributed by atoms with Gasteiger partial charge in [-0.1, -0.05) is 24.6 Å². The van der Waals surface area contributed by atoms with E-state index in [1.807, 2.05) is 24.3 Å². The molecule has 0 N–H and O–H groups in total. The van der Waals surface area contributed by atoms with E-state index in [0.29, 0.717) is 0 Å². The molecule has 4 heteroatoms. The Morgan fingerprint density at radius 1 is 1.00 bits per heavy atom. The normalized spacial score (nSPS) is 16.6. The van der Waals surface area contributed by atoms with Gasteiger partial charge in [-0.3, -0.25) is 0 Å². The number of rotatable bonds is 3. The summed E-state index contributed by atoms with van der Waals surface area (Å²) in [5.74, 6) is 0.